The van der Waals surface area contributed by atoms with Gasteiger partial charge >= 0.3 is 0 Å². The van der Waals surface area contributed by atoms with E-state index in [2.05, 4.69) is 26.4 Å². The van der Waals surface area contributed by atoms with Crippen molar-refractivity contribution in [3.63, 3.8) is 0 Å². The number of aromatic nitrogens is 4. The molecule has 0 unspecified atom stereocenters. The Morgan fingerprint density at radius 1 is 1.24 bits per heavy atom. The predicted molar refractivity (Wildman–Crippen MR) is 82.7 cm³/mol. The van der Waals surface area contributed by atoms with Crippen molar-refractivity contribution in [1.29, 1.82) is 0 Å². The molecule has 1 aromatic carbocycles. The molecule has 2 aromatic heterocycles. The molecule has 0 atom stereocenters. The van der Waals surface area contributed by atoms with Crippen molar-refractivity contribution < 1.29 is 0 Å². The lowest BCUT2D eigenvalue weighted by Gasteiger charge is -2.12. The Morgan fingerprint density at radius 2 is 2.10 bits per heavy atom. The van der Waals surface area contributed by atoms with Crippen LogP contribution in [0.1, 0.15) is 11.1 Å². The largest absolute Gasteiger partial charge is 0.366 e. The van der Waals surface area contributed by atoms with E-state index < -0.39 is 0 Å². The molecule has 0 saturated heterocycles. The zero-order valence-corrected chi connectivity index (χ0v) is 12.2. The highest BCUT2D eigenvalue weighted by Crippen LogP contribution is 2.17. The molecule has 21 heavy (non-hydrogen) atoms. The maximum atomic E-state index is 5.83. The van der Waals surface area contributed by atoms with Crippen LogP contribution in [0.15, 0.2) is 48.9 Å². The second-order valence-electron chi connectivity index (χ2n) is 4.60. The first kappa shape index (κ1) is 13.6. The molecule has 1 N–H and O–H groups in total. The van der Waals surface area contributed by atoms with Crippen LogP contribution in [0.4, 0.5) is 5.82 Å². The molecule has 0 fully saturated rings. The van der Waals surface area contributed by atoms with Crippen LogP contribution in [0.3, 0.4) is 0 Å². The molecule has 0 aliphatic carbocycles. The number of anilines is 1. The Hall–Kier alpha value is -2.40. The summed E-state index contributed by atoms with van der Waals surface area (Å²) in [5.41, 5.74) is 3.11. The van der Waals surface area contributed by atoms with Gasteiger partial charge in [-0.15, -0.1) is 0 Å². The minimum Gasteiger partial charge on any atom is -0.366 e. The van der Waals surface area contributed by atoms with Gasteiger partial charge in [-0.3, -0.25) is 0 Å². The zero-order valence-electron chi connectivity index (χ0n) is 11.5. The average Bonchev–Trinajstić information content (AvgIpc) is 3.03. The molecular weight excluding hydrogens is 286 g/mol. The van der Waals surface area contributed by atoms with Crippen molar-refractivity contribution in [2.45, 2.75) is 13.5 Å². The maximum Gasteiger partial charge on any atom is 0.224 e. The van der Waals surface area contributed by atoms with E-state index in [1.165, 1.54) is 0 Å². The minimum atomic E-state index is 0.239. The molecule has 0 aliphatic heterocycles. The Balaban J connectivity index is 1.84. The molecule has 0 amide bonds. The fourth-order valence-corrected chi connectivity index (χ4v) is 2.21. The van der Waals surface area contributed by atoms with Gasteiger partial charge in [0.25, 0.3) is 0 Å². The van der Waals surface area contributed by atoms with Gasteiger partial charge in [-0.2, -0.15) is 5.10 Å². The van der Waals surface area contributed by atoms with Crippen LogP contribution < -0.4 is 5.32 Å². The Morgan fingerprint density at radius 3 is 2.90 bits per heavy atom. The number of nitrogens with one attached hydrogen (secondary N) is 1. The first-order valence-corrected chi connectivity index (χ1v) is 6.93. The molecule has 3 aromatic rings. The topological polar surface area (TPSA) is 55.6 Å². The van der Waals surface area contributed by atoms with Gasteiger partial charge in [0.2, 0.25) is 5.28 Å². The van der Waals surface area contributed by atoms with Gasteiger partial charge in [0, 0.05) is 30.7 Å². The summed E-state index contributed by atoms with van der Waals surface area (Å²) in [7, 11) is 0. The van der Waals surface area contributed by atoms with Crippen molar-refractivity contribution in [3.8, 4) is 5.69 Å². The summed E-state index contributed by atoms with van der Waals surface area (Å²) in [5.74, 6) is 0.741. The number of rotatable bonds is 4. The monoisotopic (exact) mass is 299 g/mol. The van der Waals surface area contributed by atoms with Gasteiger partial charge in [0.05, 0.1) is 5.69 Å². The zero-order chi connectivity index (χ0) is 14.7. The molecule has 0 bridgehead atoms. The minimum absolute atomic E-state index is 0.239. The highest BCUT2D eigenvalue weighted by molar-refractivity contribution is 6.28. The van der Waals surface area contributed by atoms with Crippen molar-refractivity contribution in [1.82, 2.24) is 19.7 Å². The summed E-state index contributed by atoms with van der Waals surface area (Å²) >= 11 is 5.83. The molecule has 0 aliphatic rings. The Labute approximate surface area is 127 Å². The molecule has 3 rings (SSSR count). The van der Waals surface area contributed by atoms with Gasteiger partial charge in [-0.25, -0.2) is 14.6 Å². The van der Waals surface area contributed by atoms with Crippen LogP contribution in [0.25, 0.3) is 5.69 Å². The lowest BCUT2D eigenvalue weighted by Crippen LogP contribution is -2.07. The lowest BCUT2D eigenvalue weighted by molar-refractivity contribution is 0.863. The third-order valence-electron chi connectivity index (χ3n) is 3.13. The lowest BCUT2D eigenvalue weighted by atomic mass is 10.1. The first-order valence-electron chi connectivity index (χ1n) is 6.55. The Kier molecular flexibility index (Phi) is 3.83. The van der Waals surface area contributed by atoms with Crippen molar-refractivity contribution >= 4 is 17.4 Å². The molecule has 0 saturated carbocycles. The number of benzene rings is 1. The SMILES string of the molecule is Cc1cnc(Cl)nc1NCc1ccccc1-n1cccn1. The molecule has 0 spiro atoms. The number of halogens is 1. The molecular formula is C15H14ClN5. The quantitative estimate of drug-likeness (QED) is 0.751. The standard InChI is InChI=1S/C15H14ClN5/c1-11-9-18-15(16)20-14(11)17-10-12-5-2-3-6-13(12)21-8-4-7-19-21/h2-9H,10H2,1H3,(H,17,18,20). The molecule has 0 radical (unpaired) electrons. The highest BCUT2D eigenvalue weighted by atomic mass is 35.5. The highest BCUT2D eigenvalue weighted by Gasteiger charge is 2.06. The normalized spacial score (nSPS) is 10.6. The summed E-state index contributed by atoms with van der Waals surface area (Å²) in [4.78, 5) is 8.15. The van der Waals surface area contributed by atoms with Crippen molar-refractivity contribution in [2.24, 2.45) is 0 Å². The van der Waals surface area contributed by atoms with E-state index in [0.717, 1.165) is 22.6 Å². The molecule has 6 heteroatoms. The van der Waals surface area contributed by atoms with Crippen LogP contribution >= 0.6 is 11.6 Å². The van der Waals surface area contributed by atoms with E-state index in [1.807, 2.05) is 42.1 Å². The first-order chi connectivity index (χ1) is 10.2. The summed E-state index contributed by atoms with van der Waals surface area (Å²) in [5, 5.41) is 7.81. The second-order valence-corrected chi connectivity index (χ2v) is 4.94. The summed E-state index contributed by atoms with van der Waals surface area (Å²) in [6, 6.07) is 9.99. The Bertz CT molecular complexity index is 740. The number of aryl methyl sites for hydroxylation is 1. The van der Waals surface area contributed by atoms with E-state index in [1.54, 1.807) is 12.4 Å². The second kappa shape index (κ2) is 5.93. The predicted octanol–water partition coefficient (Wildman–Crippen LogP) is 3.24. The van der Waals surface area contributed by atoms with Crippen LogP contribution in [-0.4, -0.2) is 19.7 Å². The third-order valence-corrected chi connectivity index (χ3v) is 3.31. The van der Waals surface area contributed by atoms with Crippen molar-refractivity contribution in [3.05, 3.63) is 65.3 Å². The van der Waals surface area contributed by atoms with E-state index in [0.29, 0.717) is 6.54 Å². The number of para-hydroxylation sites is 1. The van der Waals surface area contributed by atoms with Gasteiger partial charge in [-0.1, -0.05) is 18.2 Å². The molecule has 5 nitrogen and oxygen atoms in total. The molecule has 2 heterocycles. The van der Waals surface area contributed by atoms with E-state index in [9.17, 15) is 0 Å². The smallest absolute Gasteiger partial charge is 0.224 e. The summed E-state index contributed by atoms with van der Waals surface area (Å²) in [6.45, 7) is 2.57. The maximum absolute atomic E-state index is 5.83. The average molecular weight is 300 g/mol. The van der Waals surface area contributed by atoms with Gasteiger partial charge < -0.3 is 5.32 Å². The van der Waals surface area contributed by atoms with Crippen LogP contribution in [0.5, 0.6) is 0 Å². The van der Waals surface area contributed by atoms with Crippen LogP contribution in [0.2, 0.25) is 5.28 Å². The fraction of sp³-hybridized carbons (Fsp3) is 0.133. The van der Waals surface area contributed by atoms with Crippen molar-refractivity contribution in [2.75, 3.05) is 5.32 Å². The number of hydrogen-bond donors (Lipinski definition) is 1. The van der Waals surface area contributed by atoms with E-state index in [4.69, 9.17) is 11.6 Å². The summed E-state index contributed by atoms with van der Waals surface area (Å²) in [6.07, 6.45) is 5.39. The number of hydrogen-bond acceptors (Lipinski definition) is 4. The van der Waals surface area contributed by atoms with Gasteiger partial charge in [0.1, 0.15) is 5.82 Å². The number of nitrogens with zero attached hydrogens (tertiary/aromatic N) is 4. The molecule has 106 valence electrons. The van der Waals surface area contributed by atoms with E-state index in [-0.39, 0.29) is 5.28 Å². The van der Waals surface area contributed by atoms with E-state index >= 15 is 0 Å². The summed E-state index contributed by atoms with van der Waals surface area (Å²) < 4.78 is 1.84. The van der Waals surface area contributed by atoms with Gasteiger partial charge in [-0.05, 0) is 36.2 Å². The van der Waals surface area contributed by atoms with Crippen LogP contribution in [-0.2, 0) is 6.54 Å². The third kappa shape index (κ3) is 3.03. The van der Waals surface area contributed by atoms with Crippen LogP contribution in [0, 0.1) is 6.92 Å². The fourth-order valence-electron chi connectivity index (χ4n) is 2.07. The van der Waals surface area contributed by atoms with Gasteiger partial charge in [0.15, 0.2) is 0 Å².